The zero-order chi connectivity index (χ0) is 23.4. The van der Waals surface area contributed by atoms with Gasteiger partial charge in [0.1, 0.15) is 11.6 Å². The highest BCUT2D eigenvalue weighted by Gasteiger charge is 2.22. The van der Waals surface area contributed by atoms with Crippen molar-refractivity contribution in [2.45, 2.75) is 23.4 Å². The van der Waals surface area contributed by atoms with Crippen molar-refractivity contribution in [1.29, 1.82) is 0 Å². The van der Waals surface area contributed by atoms with Crippen molar-refractivity contribution in [3.8, 4) is 22.9 Å². The van der Waals surface area contributed by atoms with Crippen LogP contribution < -0.4 is 18.9 Å². The van der Waals surface area contributed by atoms with E-state index in [0.29, 0.717) is 53.6 Å². The number of para-hydroxylation sites is 2. The summed E-state index contributed by atoms with van der Waals surface area (Å²) in [6.07, 6.45) is 0.698. The molecule has 4 rings (SSSR count). The van der Waals surface area contributed by atoms with Crippen molar-refractivity contribution < 1.29 is 27.4 Å². The van der Waals surface area contributed by atoms with Crippen molar-refractivity contribution in [1.82, 2.24) is 19.5 Å². The smallest absolute Gasteiger partial charge is 0.264 e. The predicted octanol–water partition coefficient (Wildman–Crippen LogP) is 2.34. The number of rotatable bonds is 7. The first-order valence-corrected chi connectivity index (χ1v) is 12.5. The fourth-order valence-corrected chi connectivity index (χ4v) is 5.09. The highest BCUT2D eigenvalue weighted by atomic mass is 32.2. The minimum atomic E-state index is -4.09. The number of hydrogen-bond donors (Lipinski definition) is 1. The molecular formula is C21H22N4O6S2. The Morgan fingerprint density at radius 2 is 1.91 bits per heavy atom. The van der Waals surface area contributed by atoms with E-state index < -0.39 is 15.9 Å². The Kier molecular flexibility index (Phi) is 6.75. The molecule has 0 saturated carbocycles. The van der Waals surface area contributed by atoms with Crippen molar-refractivity contribution >= 4 is 27.7 Å². The lowest BCUT2D eigenvalue weighted by atomic mass is 10.3. The van der Waals surface area contributed by atoms with Gasteiger partial charge in [0.05, 0.1) is 36.7 Å². The molecule has 1 aromatic heterocycles. The van der Waals surface area contributed by atoms with E-state index in [2.05, 4.69) is 14.9 Å². The van der Waals surface area contributed by atoms with Crippen LogP contribution >= 0.6 is 11.8 Å². The summed E-state index contributed by atoms with van der Waals surface area (Å²) in [6, 6.07) is 11.6. The number of benzene rings is 2. The van der Waals surface area contributed by atoms with Gasteiger partial charge in [-0.05, 0) is 31.2 Å². The van der Waals surface area contributed by atoms with Crippen molar-refractivity contribution in [3.05, 3.63) is 48.3 Å². The SMILES string of the molecule is COc1ccccc1-n1c(C)nnc1SCC(=O)NS(=O)(=O)c1ccc2c(c1)OCCCO2. The molecule has 0 spiro atoms. The first-order chi connectivity index (χ1) is 15.9. The second kappa shape index (κ2) is 9.71. The minimum Gasteiger partial charge on any atom is -0.495 e. The van der Waals surface area contributed by atoms with Crippen molar-refractivity contribution in [2.75, 3.05) is 26.1 Å². The number of carbonyl (C=O) groups is 1. The number of hydrogen-bond acceptors (Lipinski definition) is 9. The largest absolute Gasteiger partial charge is 0.495 e. The molecule has 1 aliphatic rings. The number of ether oxygens (including phenoxy) is 3. The number of aromatic nitrogens is 3. The normalized spacial score (nSPS) is 13.3. The van der Waals surface area contributed by atoms with Crippen LogP contribution in [0.25, 0.3) is 5.69 Å². The topological polar surface area (TPSA) is 122 Å². The van der Waals surface area contributed by atoms with Gasteiger partial charge in [-0.1, -0.05) is 23.9 Å². The average molecular weight is 491 g/mol. The van der Waals surface area contributed by atoms with Gasteiger partial charge in [0.15, 0.2) is 16.7 Å². The van der Waals surface area contributed by atoms with Crippen LogP contribution in [0, 0.1) is 6.92 Å². The molecule has 0 bridgehead atoms. The number of aryl methyl sites for hydroxylation is 1. The fraction of sp³-hybridized carbons (Fsp3) is 0.286. The van der Waals surface area contributed by atoms with Crippen LogP contribution in [0.3, 0.4) is 0 Å². The number of thioether (sulfide) groups is 1. The van der Waals surface area contributed by atoms with Crippen LogP contribution in [0.4, 0.5) is 0 Å². The van der Waals surface area contributed by atoms with Gasteiger partial charge in [0.25, 0.3) is 10.0 Å². The Hall–Kier alpha value is -3.25. The van der Waals surface area contributed by atoms with E-state index in [1.165, 1.54) is 18.2 Å². The molecule has 0 saturated heterocycles. The van der Waals surface area contributed by atoms with Gasteiger partial charge in [0.2, 0.25) is 5.91 Å². The lowest BCUT2D eigenvalue weighted by Gasteiger charge is -2.12. The highest BCUT2D eigenvalue weighted by Crippen LogP contribution is 2.32. The molecule has 3 aromatic rings. The predicted molar refractivity (Wildman–Crippen MR) is 121 cm³/mol. The fourth-order valence-electron chi connectivity index (χ4n) is 3.21. The Balaban J connectivity index is 1.47. The number of methoxy groups -OCH3 is 1. The maximum Gasteiger partial charge on any atom is 0.264 e. The molecule has 1 aliphatic heterocycles. The molecule has 10 nitrogen and oxygen atoms in total. The maximum atomic E-state index is 12.7. The molecule has 174 valence electrons. The summed E-state index contributed by atoms with van der Waals surface area (Å²) in [5.41, 5.74) is 0.713. The van der Waals surface area contributed by atoms with Gasteiger partial charge >= 0.3 is 0 Å². The summed E-state index contributed by atoms with van der Waals surface area (Å²) >= 11 is 1.06. The minimum absolute atomic E-state index is 0.0851. The Morgan fingerprint density at radius 1 is 1.15 bits per heavy atom. The van der Waals surface area contributed by atoms with Crippen LogP contribution in [0.2, 0.25) is 0 Å². The second-order valence-electron chi connectivity index (χ2n) is 7.01. The summed E-state index contributed by atoms with van der Waals surface area (Å²) in [5, 5.41) is 8.62. The summed E-state index contributed by atoms with van der Waals surface area (Å²) < 4.78 is 45.7. The third-order valence-electron chi connectivity index (χ3n) is 4.73. The van der Waals surface area contributed by atoms with Gasteiger partial charge in [-0.2, -0.15) is 0 Å². The molecule has 2 aromatic carbocycles. The maximum absolute atomic E-state index is 12.7. The first-order valence-electron chi connectivity index (χ1n) is 10.0. The zero-order valence-corrected chi connectivity index (χ0v) is 19.6. The lowest BCUT2D eigenvalue weighted by molar-refractivity contribution is -0.116. The van der Waals surface area contributed by atoms with E-state index in [0.717, 1.165) is 11.8 Å². The molecule has 1 amide bonds. The Bertz CT molecular complexity index is 1280. The third-order valence-corrected chi connectivity index (χ3v) is 7.03. The van der Waals surface area contributed by atoms with E-state index >= 15 is 0 Å². The summed E-state index contributed by atoms with van der Waals surface area (Å²) in [6.45, 7) is 2.69. The molecule has 0 radical (unpaired) electrons. The average Bonchev–Trinajstić information content (AvgIpc) is 3.01. The molecule has 1 N–H and O–H groups in total. The van der Waals surface area contributed by atoms with E-state index in [1.54, 1.807) is 24.7 Å². The standard InChI is InChI=1S/C21H22N4O6S2/c1-14-22-23-21(25(14)16-6-3-4-7-17(16)29-2)32-13-20(26)24-33(27,28)15-8-9-18-19(12-15)31-11-5-10-30-18/h3-4,6-9,12H,5,10-11,13H2,1-2H3,(H,24,26). The molecule has 33 heavy (non-hydrogen) atoms. The number of carbonyl (C=O) groups excluding carboxylic acids is 1. The van der Waals surface area contributed by atoms with E-state index in [1.807, 2.05) is 18.2 Å². The number of nitrogens with one attached hydrogen (secondary N) is 1. The van der Waals surface area contributed by atoms with Crippen LogP contribution in [0.15, 0.2) is 52.5 Å². The highest BCUT2D eigenvalue weighted by molar-refractivity contribution is 8.00. The van der Waals surface area contributed by atoms with Gasteiger partial charge in [-0.3, -0.25) is 9.36 Å². The summed E-state index contributed by atoms with van der Waals surface area (Å²) in [7, 11) is -2.53. The number of nitrogens with zero attached hydrogens (tertiary/aromatic N) is 3. The van der Waals surface area contributed by atoms with Crippen LogP contribution in [-0.2, 0) is 14.8 Å². The van der Waals surface area contributed by atoms with Crippen LogP contribution in [0.5, 0.6) is 17.2 Å². The monoisotopic (exact) mass is 490 g/mol. The van der Waals surface area contributed by atoms with Crippen molar-refractivity contribution in [3.63, 3.8) is 0 Å². The van der Waals surface area contributed by atoms with Gasteiger partial charge < -0.3 is 14.2 Å². The van der Waals surface area contributed by atoms with Gasteiger partial charge in [-0.25, -0.2) is 13.1 Å². The number of fused-ring (bicyclic) bond motifs is 1. The molecule has 0 fully saturated rings. The quantitative estimate of drug-likeness (QED) is 0.497. The van der Waals surface area contributed by atoms with Crippen molar-refractivity contribution in [2.24, 2.45) is 0 Å². The second-order valence-corrected chi connectivity index (χ2v) is 9.64. The first kappa shape index (κ1) is 22.9. The Morgan fingerprint density at radius 3 is 2.70 bits per heavy atom. The lowest BCUT2D eigenvalue weighted by Crippen LogP contribution is -2.32. The molecular weight excluding hydrogens is 468 g/mol. The molecule has 12 heteroatoms. The molecule has 2 heterocycles. The van der Waals surface area contributed by atoms with E-state index in [9.17, 15) is 13.2 Å². The van der Waals surface area contributed by atoms with E-state index in [4.69, 9.17) is 14.2 Å². The number of sulfonamides is 1. The van der Waals surface area contributed by atoms with Gasteiger partial charge in [0, 0.05) is 12.5 Å². The number of amides is 1. The van der Waals surface area contributed by atoms with Crippen LogP contribution in [0.1, 0.15) is 12.2 Å². The molecule has 0 atom stereocenters. The Labute approximate surface area is 195 Å². The van der Waals surface area contributed by atoms with E-state index in [-0.39, 0.29) is 10.6 Å². The summed E-state index contributed by atoms with van der Waals surface area (Å²) in [5.74, 6) is 1.14. The zero-order valence-electron chi connectivity index (χ0n) is 18.0. The summed E-state index contributed by atoms with van der Waals surface area (Å²) in [4.78, 5) is 12.4. The molecule has 0 aliphatic carbocycles. The molecule has 0 unspecified atom stereocenters. The third kappa shape index (κ3) is 5.06. The van der Waals surface area contributed by atoms with Gasteiger partial charge in [-0.15, -0.1) is 10.2 Å². The van der Waals surface area contributed by atoms with Crippen LogP contribution in [-0.4, -0.2) is 55.2 Å².